The first-order valence-electron chi connectivity index (χ1n) is 11.4. The van der Waals surface area contributed by atoms with E-state index in [1.54, 1.807) is 0 Å². The van der Waals surface area contributed by atoms with Gasteiger partial charge in [-0.2, -0.15) is 0 Å². The molecule has 1 saturated carbocycles. The summed E-state index contributed by atoms with van der Waals surface area (Å²) < 4.78 is 0. The number of likely N-dealkylation sites (tertiary alicyclic amines) is 1. The first-order valence-corrected chi connectivity index (χ1v) is 11.4. The lowest BCUT2D eigenvalue weighted by molar-refractivity contribution is -0.137. The Bertz CT molecular complexity index is 906. The summed E-state index contributed by atoms with van der Waals surface area (Å²) in [6.07, 6.45) is 5.76. The zero-order chi connectivity index (χ0) is 20.6. The molecule has 30 heavy (non-hydrogen) atoms. The molecule has 1 amide bonds. The smallest absolute Gasteiger partial charge is 0.233 e. The van der Waals surface area contributed by atoms with Crippen LogP contribution in [0.1, 0.15) is 48.8 Å². The lowest BCUT2D eigenvalue weighted by Gasteiger charge is -2.36. The Morgan fingerprint density at radius 3 is 2.37 bits per heavy atom. The summed E-state index contributed by atoms with van der Waals surface area (Å²) in [4.78, 5) is 18.0. The van der Waals surface area contributed by atoms with Crippen LogP contribution >= 0.6 is 0 Å². The van der Waals surface area contributed by atoms with Crippen molar-refractivity contribution in [3.63, 3.8) is 0 Å². The molecule has 5 rings (SSSR count). The fourth-order valence-electron chi connectivity index (χ4n) is 5.93. The van der Waals surface area contributed by atoms with Gasteiger partial charge in [0.25, 0.3) is 0 Å². The zero-order valence-corrected chi connectivity index (χ0v) is 17.7. The van der Waals surface area contributed by atoms with Gasteiger partial charge < -0.3 is 10.0 Å². The predicted molar refractivity (Wildman–Crippen MR) is 118 cm³/mol. The topological polar surface area (TPSA) is 43.8 Å². The maximum absolute atomic E-state index is 13.7. The summed E-state index contributed by atoms with van der Waals surface area (Å²) in [7, 11) is 0. The van der Waals surface area contributed by atoms with Crippen LogP contribution in [0, 0.1) is 0 Å². The first kappa shape index (κ1) is 19.8. The summed E-state index contributed by atoms with van der Waals surface area (Å²) in [5.41, 5.74) is 2.74. The maximum Gasteiger partial charge on any atom is 0.233 e. The number of hydrogen-bond acceptors (Lipinski definition) is 3. The van der Waals surface area contributed by atoms with Gasteiger partial charge in [-0.15, -0.1) is 0 Å². The molecule has 2 fully saturated rings. The van der Waals surface area contributed by atoms with Crippen molar-refractivity contribution < 1.29 is 9.90 Å². The highest BCUT2D eigenvalue weighted by Gasteiger charge is 2.49. The van der Waals surface area contributed by atoms with Gasteiger partial charge in [0.05, 0.1) is 17.6 Å². The molecule has 3 aliphatic rings. The molecule has 0 radical (unpaired) electrons. The number of carbonyl (C=O) groups excluding carboxylic acids is 1. The van der Waals surface area contributed by atoms with Gasteiger partial charge in [0, 0.05) is 26.2 Å². The van der Waals surface area contributed by atoms with Crippen molar-refractivity contribution in [3.05, 3.63) is 71.3 Å². The normalized spacial score (nSPS) is 26.0. The van der Waals surface area contributed by atoms with Gasteiger partial charge in [0.15, 0.2) is 0 Å². The molecule has 4 heteroatoms. The molecule has 1 unspecified atom stereocenters. The number of carbonyl (C=O) groups is 1. The predicted octanol–water partition coefficient (Wildman–Crippen LogP) is 3.52. The molecular formula is C26H32N2O2. The Balaban J connectivity index is 1.28. The van der Waals surface area contributed by atoms with Crippen LogP contribution in [0.5, 0.6) is 0 Å². The van der Waals surface area contributed by atoms with Gasteiger partial charge in [-0.1, -0.05) is 67.4 Å². The van der Waals surface area contributed by atoms with E-state index in [2.05, 4.69) is 41.3 Å². The molecule has 2 aromatic carbocycles. The lowest BCUT2D eigenvalue weighted by atomic mass is 9.77. The number of fused-ring (bicyclic) bond motifs is 1. The monoisotopic (exact) mass is 404 g/mol. The van der Waals surface area contributed by atoms with Crippen molar-refractivity contribution in [3.8, 4) is 0 Å². The Kier molecular flexibility index (Phi) is 5.16. The largest absolute Gasteiger partial charge is 0.387 e. The minimum Gasteiger partial charge on any atom is -0.387 e. The summed E-state index contributed by atoms with van der Waals surface area (Å²) in [6.45, 7) is 3.62. The number of rotatable bonds is 4. The van der Waals surface area contributed by atoms with Crippen molar-refractivity contribution in [2.24, 2.45) is 0 Å². The highest BCUT2D eigenvalue weighted by atomic mass is 16.3. The fraction of sp³-hybridized carbons (Fsp3) is 0.500. The second-order valence-electron chi connectivity index (χ2n) is 9.59. The van der Waals surface area contributed by atoms with Crippen molar-refractivity contribution in [1.82, 2.24) is 9.80 Å². The van der Waals surface area contributed by atoms with Gasteiger partial charge in [-0.25, -0.2) is 0 Å². The number of aliphatic hydroxyl groups is 1. The molecule has 0 spiro atoms. The van der Waals surface area contributed by atoms with Gasteiger partial charge >= 0.3 is 0 Å². The molecule has 1 N–H and O–H groups in total. The quantitative estimate of drug-likeness (QED) is 0.848. The molecular weight excluding hydrogens is 372 g/mol. The third-order valence-electron chi connectivity index (χ3n) is 7.54. The number of benzene rings is 2. The minimum atomic E-state index is -0.807. The number of hydrogen-bond donors (Lipinski definition) is 1. The van der Waals surface area contributed by atoms with Crippen LogP contribution in [0.2, 0.25) is 0 Å². The molecule has 0 bridgehead atoms. The average Bonchev–Trinajstić information content (AvgIpc) is 3.42. The Hall–Kier alpha value is -2.17. The van der Waals surface area contributed by atoms with E-state index in [0.717, 1.165) is 50.8 Å². The van der Waals surface area contributed by atoms with Crippen LogP contribution < -0.4 is 0 Å². The van der Waals surface area contributed by atoms with E-state index in [1.165, 1.54) is 11.1 Å². The summed E-state index contributed by atoms with van der Waals surface area (Å²) in [6, 6.07) is 18.9. The Labute approximate surface area is 179 Å². The van der Waals surface area contributed by atoms with Crippen LogP contribution in [-0.4, -0.2) is 52.6 Å². The summed E-state index contributed by atoms with van der Waals surface area (Å²) in [5.74, 6) is 0.228. The Morgan fingerprint density at radius 1 is 0.900 bits per heavy atom. The van der Waals surface area contributed by atoms with Crippen molar-refractivity contribution in [1.29, 1.82) is 0 Å². The van der Waals surface area contributed by atoms with E-state index in [4.69, 9.17) is 0 Å². The number of β-amino-alcohol motifs (C(OH)–C–C–N with tert-alkyl or cyclic N) is 1. The van der Waals surface area contributed by atoms with E-state index in [9.17, 15) is 9.90 Å². The molecule has 2 aromatic rings. The van der Waals surface area contributed by atoms with Crippen molar-refractivity contribution in [2.75, 3.05) is 26.2 Å². The van der Waals surface area contributed by atoms with E-state index in [-0.39, 0.29) is 5.91 Å². The van der Waals surface area contributed by atoms with E-state index in [0.29, 0.717) is 26.1 Å². The molecule has 2 heterocycles. The van der Waals surface area contributed by atoms with Crippen LogP contribution in [-0.2, 0) is 23.2 Å². The second kappa shape index (κ2) is 7.82. The zero-order valence-electron chi connectivity index (χ0n) is 17.7. The SMILES string of the molecule is O=C(N1CCC(O)(CN2CCc3ccccc3C2)C1)C1(c2ccccc2)CCCC1. The lowest BCUT2D eigenvalue weighted by Crippen LogP contribution is -2.49. The average molecular weight is 405 g/mol. The standard InChI is InChI=1S/C26H32N2O2/c29-24(26(13-6-7-14-26)23-10-2-1-3-11-23)28-17-15-25(30,20-28)19-27-16-12-21-8-4-5-9-22(21)18-27/h1-5,8-11,30H,6-7,12-20H2. The number of amides is 1. The van der Waals surface area contributed by atoms with Crippen molar-refractivity contribution in [2.45, 2.75) is 56.1 Å². The third-order valence-corrected chi connectivity index (χ3v) is 7.54. The van der Waals surface area contributed by atoms with Crippen LogP contribution in [0.25, 0.3) is 0 Å². The molecule has 0 aromatic heterocycles. The van der Waals surface area contributed by atoms with Gasteiger partial charge in [-0.05, 0) is 42.4 Å². The molecule has 4 nitrogen and oxygen atoms in total. The number of nitrogens with zero attached hydrogens (tertiary/aromatic N) is 2. The van der Waals surface area contributed by atoms with E-state index >= 15 is 0 Å². The van der Waals surface area contributed by atoms with Crippen molar-refractivity contribution >= 4 is 5.91 Å². The van der Waals surface area contributed by atoms with Crippen LogP contribution in [0.4, 0.5) is 0 Å². The highest BCUT2D eigenvalue weighted by molar-refractivity contribution is 5.89. The fourth-order valence-corrected chi connectivity index (χ4v) is 5.93. The van der Waals surface area contributed by atoms with E-state index in [1.807, 2.05) is 23.1 Å². The first-order chi connectivity index (χ1) is 14.6. The third kappa shape index (κ3) is 3.57. The summed E-state index contributed by atoms with van der Waals surface area (Å²) >= 11 is 0. The van der Waals surface area contributed by atoms with Crippen LogP contribution in [0.15, 0.2) is 54.6 Å². The second-order valence-corrected chi connectivity index (χ2v) is 9.59. The Morgan fingerprint density at radius 2 is 1.60 bits per heavy atom. The van der Waals surface area contributed by atoms with Gasteiger partial charge in [-0.3, -0.25) is 9.69 Å². The van der Waals surface area contributed by atoms with E-state index < -0.39 is 11.0 Å². The molecule has 1 saturated heterocycles. The van der Waals surface area contributed by atoms with Crippen LogP contribution in [0.3, 0.4) is 0 Å². The summed E-state index contributed by atoms with van der Waals surface area (Å²) in [5, 5.41) is 11.4. The molecule has 1 atom stereocenters. The molecule has 2 aliphatic heterocycles. The minimum absolute atomic E-state index is 0.228. The molecule has 158 valence electrons. The maximum atomic E-state index is 13.7. The molecule has 1 aliphatic carbocycles. The van der Waals surface area contributed by atoms with Gasteiger partial charge in [0.2, 0.25) is 5.91 Å². The van der Waals surface area contributed by atoms with Gasteiger partial charge in [0.1, 0.15) is 0 Å². The highest BCUT2D eigenvalue weighted by Crippen LogP contribution is 2.43.